The van der Waals surface area contributed by atoms with Gasteiger partial charge in [-0.05, 0) is 24.0 Å². The first-order chi connectivity index (χ1) is 12.2. The molecule has 6 nitrogen and oxygen atoms in total. The number of methoxy groups -OCH3 is 1. The van der Waals surface area contributed by atoms with Crippen LogP contribution in [0.15, 0.2) is 24.3 Å². The lowest BCUT2D eigenvalue weighted by molar-refractivity contribution is -0.147. The standard InChI is InChI=1S/C19H27FN2O4/c1-6-12(4)16(19(25)26-5)22-18(24)15(11(2)3)21-17(23)13-9-7-8-10-14(13)20/h7-12,15-16H,6H2,1-5H3,(H,21,23)(H,22,24)/t12?,15-,16?/m0/s1. The molecule has 0 aliphatic heterocycles. The molecule has 0 aliphatic carbocycles. The van der Waals surface area contributed by atoms with Crippen molar-refractivity contribution in [3.05, 3.63) is 35.6 Å². The first-order valence-corrected chi connectivity index (χ1v) is 8.66. The normalized spacial score (nSPS) is 14.3. The summed E-state index contributed by atoms with van der Waals surface area (Å²) in [6, 6.07) is 3.80. The van der Waals surface area contributed by atoms with E-state index in [2.05, 4.69) is 10.6 Å². The van der Waals surface area contributed by atoms with Gasteiger partial charge in [-0.2, -0.15) is 0 Å². The first-order valence-electron chi connectivity index (χ1n) is 8.66. The van der Waals surface area contributed by atoms with Crippen molar-refractivity contribution in [1.29, 1.82) is 0 Å². The minimum atomic E-state index is -0.918. The third-order valence-electron chi connectivity index (χ3n) is 4.32. The Labute approximate surface area is 153 Å². The average molecular weight is 366 g/mol. The highest BCUT2D eigenvalue weighted by Crippen LogP contribution is 2.12. The summed E-state index contributed by atoms with van der Waals surface area (Å²) in [5.41, 5.74) is -0.141. The molecule has 2 amide bonds. The molecule has 3 atom stereocenters. The van der Waals surface area contributed by atoms with Gasteiger partial charge in [0.05, 0.1) is 12.7 Å². The highest BCUT2D eigenvalue weighted by Gasteiger charge is 2.32. The van der Waals surface area contributed by atoms with Crippen LogP contribution in [0.1, 0.15) is 44.5 Å². The molecule has 0 heterocycles. The van der Waals surface area contributed by atoms with Crippen LogP contribution in [0.5, 0.6) is 0 Å². The fraction of sp³-hybridized carbons (Fsp3) is 0.526. The quantitative estimate of drug-likeness (QED) is 0.692. The number of esters is 1. The molecule has 0 aliphatic rings. The SMILES string of the molecule is CCC(C)C(NC(=O)[C@@H](NC(=O)c1ccccc1F)C(C)C)C(=O)OC. The number of benzene rings is 1. The van der Waals surface area contributed by atoms with Crippen molar-refractivity contribution in [2.24, 2.45) is 11.8 Å². The molecule has 0 spiro atoms. The molecule has 1 aromatic rings. The van der Waals surface area contributed by atoms with E-state index in [9.17, 15) is 18.8 Å². The number of carbonyl (C=O) groups is 3. The number of hydrogen-bond donors (Lipinski definition) is 2. The molecule has 0 fully saturated rings. The Morgan fingerprint density at radius 2 is 1.69 bits per heavy atom. The van der Waals surface area contributed by atoms with E-state index in [4.69, 9.17) is 4.74 Å². The summed E-state index contributed by atoms with van der Waals surface area (Å²) in [6.45, 7) is 7.22. The summed E-state index contributed by atoms with van der Waals surface area (Å²) in [5.74, 6) is -2.81. The Morgan fingerprint density at radius 3 is 2.19 bits per heavy atom. The lowest BCUT2D eigenvalue weighted by Crippen LogP contribution is -2.55. The zero-order chi connectivity index (χ0) is 19.9. The second-order valence-electron chi connectivity index (χ2n) is 6.57. The Morgan fingerprint density at radius 1 is 1.08 bits per heavy atom. The molecule has 7 heteroatoms. The van der Waals surface area contributed by atoms with E-state index in [1.165, 1.54) is 25.3 Å². The van der Waals surface area contributed by atoms with Crippen LogP contribution in [0.3, 0.4) is 0 Å². The zero-order valence-corrected chi connectivity index (χ0v) is 15.8. The fourth-order valence-corrected chi connectivity index (χ4v) is 2.44. The second kappa shape index (κ2) is 9.89. The van der Waals surface area contributed by atoms with E-state index in [-0.39, 0.29) is 17.4 Å². The molecule has 0 saturated carbocycles. The van der Waals surface area contributed by atoms with Crippen molar-refractivity contribution in [3.63, 3.8) is 0 Å². The van der Waals surface area contributed by atoms with Gasteiger partial charge >= 0.3 is 5.97 Å². The molecule has 0 saturated heterocycles. The largest absolute Gasteiger partial charge is 0.467 e. The number of rotatable bonds is 8. The third kappa shape index (κ3) is 5.54. The lowest BCUT2D eigenvalue weighted by Gasteiger charge is -2.27. The predicted octanol–water partition coefficient (Wildman–Crippen LogP) is 2.28. The highest BCUT2D eigenvalue weighted by molar-refractivity contribution is 5.98. The Hall–Kier alpha value is -2.44. The molecule has 1 aromatic carbocycles. The molecule has 2 unspecified atom stereocenters. The van der Waals surface area contributed by atoms with E-state index in [1.54, 1.807) is 19.9 Å². The number of hydrogen-bond acceptors (Lipinski definition) is 4. The molecular weight excluding hydrogens is 339 g/mol. The number of carbonyl (C=O) groups excluding carboxylic acids is 3. The van der Waals surface area contributed by atoms with E-state index in [0.29, 0.717) is 6.42 Å². The van der Waals surface area contributed by atoms with Gasteiger partial charge in [0, 0.05) is 0 Å². The third-order valence-corrected chi connectivity index (χ3v) is 4.32. The van der Waals surface area contributed by atoms with Crippen LogP contribution in [0, 0.1) is 17.7 Å². The average Bonchev–Trinajstić information content (AvgIpc) is 2.62. The molecule has 0 radical (unpaired) electrons. The topological polar surface area (TPSA) is 84.5 Å². The van der Waals surface area contributed by atoms with Gasteiger partial charge in [0.25, 0.3) is 5.91 Å². The molecule has 2 N–H and O–H groups in total. The Balaban J connectivity index is 2.94. The zero-order valence-electron chi connectivity index (χ0n) is 15.8. The Bertz CT molecular complexity index is 648. The van der Waals surface area contributed by atoms with Gasteiger partial charge in [0.1, 0.15) is 17.9 Å². The molecule has 1 rings (SSSR count). The van der Waals surface area contributed by atoms with Crippen molar-refractivity contribution in [2.75, 3.05) is 7.11 Å². The summed E-state index contributed by atoms with van der Waals surface area (Å²) in [4.78, 5) is 36.9. The van der Waals surface area contributed by atoms with Crippen LogP contribution < -0.4 is 10.6 Å². The van der Waals surface area contributed by atoms with E-state index >= 15 is 0 Å². The van der Waals surface area contributed by atoms with Crippen LogP contribution in [0.2, 0.25) is 0 Å². The fourth-order valence-electron chi connectivity index (χ4n) is 2.44. The van der Waals surface area contributed by atoms with Crippen molar-refractivity contribution in [1.82, 2.24) is 10.6 Å². The molecule has 26 heavy (non-hydrogen) atoms. The van der Waals surface area contributed by atoms with Gasteiger partial charge < -0.3 is 15.4 Å². The van der Waals surface area contributed by atoms with E-state index < -0.39 is 35.7 Å². The monoisotopic (exact) mass is 366 g/mol. The summed E-state index contributed by atoms with van der Waals surface area (Å²) >= 11 is 0. The van der Waals surface area contributed by atoms with Crippen LogP contribution in [-0.4, -0.2) is 37.0 Å². The summed E-state index contributed by atoms with van der Waals surface area (Å²) < 4.78 is 18.5. The maximum atomic E-state index is 13.8. The van der Waals surface area contributed by atoms with Gasteiger partial charge in [0.2, 0.25) is 5.91 Å². The Kier molecular flexibility index (Phi) is 8.22. The predicted molar refractivity (Wildman–Crippen MR) is 95.9 cm³/mol. The van der Waals surface area contributed by atoms with E-state index in [0.717, 1.165) is 0 Å². The van der Waals surface area contributed by atoms with Crippen LogP contribution in [-0.2, 0) is 14.3 Å². The number of nitrogens with one attached hydrogen (secondary N) is 2. The van der Waals surface area contributed by atoms with Crippen molar-refractivity contribution in [3.8, 4) is 0 Å². The number of amides is 2. The molecule has 0 bridgehead atoms. The van der Waals surface area contributed by atoms with E-state index in [1.807, 2.05) is 13.8 Å². The molecular formula is C19H27FN2O4. The van der Waals surface area contributed by atoms with Crippen molar-refractivity contribution >= 4 is 17.8 Å². The highest BCUT2D eigenvalue weighted by atomic mass is 19.1. The smallest absolute Gasteiger partial charge is 0.328 e. The van der Waals surface area contributed by atoms with Crippen LogP contribution >= 0.6 is 0 Å². The summed E-state index contributed by atoms with van der Waals surface area (Å²) in [7, 11) is 1.25. The summed E-state index contributed by atoms with van der Waals surface area (Å²) in [6.07, 6.45) is 0.661. The second-order valence-corrected chi connectivity index (χ2v) is 6.57. The van der Waals surface area contributed by atoms with Gasteiger partial charge in [-0.3, -0.25) is 9.59 Å². The van der Waals surface area contributed by atoms with Crippen LogP contribution in [0.4, 0.5) is 4.39 Å². The van der Waals surface area contributed by atoms with Crippen LogP contribution in [0.25, 0.3) is 0 Å². The number of ether oxygens (including phenoxy) is 1. The van der Waals surface area contributed by atoms with Crippen molar-refractivity contribution < 1.29 is 23.5 Å². The summed E-state index contributed by atoms with van der Waals surface area (Å²) in [5, 5.41) is 5.20. The van der Waals surface area contributed by atoms with Crippen molar-refractivity contribution in [2.45, 2.75) is 46.2 Å². The van der Waals surface area contributed by atoms with Gasteiger partial charge in [-0.15, -0.1) is 0 Å². The maximum absolute atomic E-state index is 13.8. The van der Waals surface area contributed by atoms with Gasteiger partial charge in [-0.1, -0.05) is 46.2 Å². The van der Waals surface area contributed by atoms with Gasteiger partial charge in [0.15, 0.2) is 0 Å². The minimum Gasteiger partial charge on any atom is -0.467 e. The first kappa shape index (κ1) is 21.6. The van der Waals surface area contributed by atoms with Gasteiger partial charge in [-0.25, -0.2) is 9.18 Å². The minimum absolute atomic E-state index is 0.138. The lowest BCUT2D eigenvalue weighted by atomic mass is 9.97. The molecule has 0 aromatic heterocycles. The number of halogens is 1. The molecule has 144 valence electrons. The maximum Gasteiger partial charge on any atom is 0.328 e.